The number of benzene rings is 8. The fourth-order valence-electron chi connectivity index (χ4n) is 8.63. The van der Waals surface area contributed by atoms with Gasteiger partial charge in [0.25, 0.3) is 0 Å². The SMILES string of the molecule is c1ccc(-c2ccc(-n3c4ccccc4c4ccc(-c5ccc6c(c5)-c5ccccc5C6c5nc(-c6ccccc6)cc(-c6ccccc6)n5)cc43)cc2)cc1. The largest absolute Gasteiger partial charge is 0.309 e. The predicted octanol–water partition coefficient (Wildman–Crippen LogP) is 13.4. The van der Waals surface area contributed by atoms with Crippen molar-refractivity contribution >= 4 is 21.8 Å². The van der Waals surface area contributed by atoms with E-state index in [-0.39, 0.29) is 5.92 Å². The van der Waals surface area contributed by atoms with Crippen LogP contribution in [0.15, 0.2) is 206 Å². The monoisotopic (exact) mass is 713 g/mol. The molecular weight excluding hydrogens is 679 g/mol. The normalized spacial score (nSPS) is 13.2. The Morgan fingerprint density at radius 3 is 1.57 bits per heavy atom. The van der Waals surface area contributed by atoms with Crippen LogP contribution in [-0.4, -0.2) is 14.5 Å². The van der Waals surface area contributed by atoms with Gasteiger partial charge in [-0.15, -0.1) is 0 Å². The van der Waals surface area contributed by atoms with Crippen LogP contribution in [0, 0.1) is 0 Å². The molecule has 11 rings (SSSR count). The van der Waals surface area contributed by atoms with Gasteiger partial charge in [-0.05, 0) is 80.9 Å². The summed E-state index contributed by atoms with van der Waals surface area (Å²) in [7, 11) is 0. The highest BCUT2D eigenvalue weighted by molar-refractivity contribution is 6.10. The van der Waals surface area contributed by atoms with Crippen molar-refractivity contribution in [3.05, 3.63) is 223 Å². The maximum atomic E-state index is 5.29. The van der Waals surface area contributed by atoms with Crippen LogP contribution in [-0.2, 0) is 0 Å². The first-order valence-corrected chi connectivity index (χ1v) is 19.2. The standard InChI is InChI=1S/C53H35N3/c1-4-14-35(15-5-1)36-24-28-41(29-25-36)56-50-23-13-12-21-43(50)44-30-26-40(33-51(44)56)39-27-31-46-47(32-39)42-20-10-11-22-45(42)52(46)53-54-48(37-16-6-2-7-17-37)34-49(55-53)38-18-8-3-9-19-38/h1-34,52H. The highest BCUT2D eigenvalue weighted by atomic mass is 15.0. The van der Waals surface area contributed by atoms with E-state index in [1.54, 1.807) is 0 Å². The van der Waals surface area contributed by atoms with Crippen molar-refractivity contribution in [3.63, 3.8) is 0 Å². The van der Waals surface area contributed by atoms with Crippen molar-refractivity contribution in [1.29, 1.82) is 0 Å². The molecule has 0 saturated heterocycles. The molecule has 1 aliphatic rings. The van der Waals surface area contributed by atoms with Gasteiger partial charge < -0.3 is 4.57 Å². The minimum Gasteiger partial charge on any atom is -0.309 e. The van der Waals surface area contributed by atoms with E-state index in [1.807, 2.05) is 12.1 Å². The van der Waals surface area contributed by atoms with Crippen molar-refractivity contribution < 1.29 is 0 Å². The molecule has 1 aliphatic carbocycles. The van der Waals surface area contributed by atoms with Crippen LogP contribution < -0.4 is 0 Å². The molecule has 0 radical (unpaired) electrons. The molecule has 0 aliphatic heterocycles. The lowest BCUT2D eigenvalue weighted by atomic mass is 9.93. The van der Waals surface area contributed by atoms with Crippen molar-refractivity contribution in [2.45, 2.75) is 5.92 Å². The van der Waals surface area contributed by atoms with E-state index < -0.39 is 0 Å². The first kappa shape index (κ1) is 32.1. The van der Waals surface area contributed by atoms with E-state index in [0.717, 1.165) is 34.0 Å². The van der Waals surface area contributed by atoms with Crippen LogP contribution in [0.4, 0.5) is 0 Å². The van der Waals surface area contributed by atoms with Crippen molar-refractivity contribution in [1.82, 2.24) is 14.5 Å². The molecule has 8 aromatic carbocycles. The summed E-state index contributed by atoms with van der Waals surface area (Å²) in [5.41, 5.74) is 17.3. The lowest BCUT2D eigenvalue weighted by molar-refractivity contribution is 0.879. The zero-order valence-electron chi connectivity index (χ0n) is 30.5. The molecule has 3 nitrogen and oxygen atoms in total. The predicted molar refractivity (Wildman–Crippen MR) is 231 cm³/mol. The van der Waals surface area contributed by atoms with Crippen LogP contribution in [0.5, 0.6) is 0 Å². The third-order valence-corrected chi connectivity index (χ3v) is 11.3. The summed E-state index contributed by atoms with van der Waals surface area (Å²) in [5.74, 6) is 0.721. The number of aromatic nitrogens is 3. The first-order chi connectivity index (χ1) is 27.8. The highest BCUT2D eigenvalue weighted by Crippen LogP contribution is 2.49. The molecule has 0 bridgehead atoms. The molecule has 0 saturated carbocycles. The van der Waals surface area contributed by atoms with Crippen molar-refractivity contribution in [3.8, 4) is 61.6 Å². The molecule has 0 amide bonds. The maximum Gasteiger partial charge on any atom is 0.141 e. The molecule has 2 aromatic heterocycles. The Morgan fingerprint density at radius 1 is 0.339 bits per heavy atom. The number of fused-ring (bicyclic) bond motifs is 6. The second-order valence-corrected chi connectivity index (χ2v) is 14.5. The molecule has 262 valence electrons. The van der Waals surface area contributed by atoms with Crippen LogP contribution in [0.2, 0.25) is 0 Å². The summed E-state index contributed by atoms with van der Waals surface area (Å²) in [6.07, 6.45) is 0. The minimum atomic E-state index is -0.0924. The lowest BCUT2D eigenvalue weighted by Crippen LogP contribution is -2.07. The first-order valence-electron chi connectivity index (χ1n) is 19.2. The minimum absolute atomic E-state index is 0.0924. The average molecular weight is 714 g/mol. The molecule has 1 atom stereocenters. The topological polar surface area (TPSA) is 30.7 Å². The molecule has 56 heavy (non-hydrogen) atoms. The van der Waals surface area contributed by atoms with Gasteiger partial charge in [0.1, 0.15) is 5.82 Å². The second kappa shape index (κ2) is 13.2. The Morgan fingerprint density at radius 2 is 0.857 bits per heavy atom. The quantitative estimate of drug-likeness (QED) is 0.172. The van der Waals surface area contributed by atoms with Crippen LogP contribution in [0.3, 0.4) is 0 Å². The Labute approximate surface area is 325 Å². The van der Waals surface area contributed by atoms with E-state index in [9.17, 15) is 0 Å². The van der Waals surface area contributed by atoms with Crippen LogP contribution in [0.25, 0.3) is 83.4 Å². The van der Waals surface area contributed by atoms with Gasteiger partial charge in [0, 0.05) is 27.6 Å². The Kier molecular flexibility index (Phi) is 7.56. The van der Waals surface area contributed by atoms with E-state index in [2.05, 4.69) is 199 Å². The lowest BCUT2D eigenvalue weighted by Gasteiger charge is -2.16. The Balaban J connectivity index is 1.04. The molecule has 0 fully saturated rings. The average Bonchev–Trinajstić information content (AvgIpc) is 3.79. The number of hydrogen-bond acceptors (Lipinski definition) is 2. The van der Waals surface area contributed by atoms with Gasteiger partial charge >= 0.3 is 0 Å². The smallest absolute Gasteiger partial charge is 0.141 e. The highest BCUT2D eigenvalue weighted by Gasteiger charge is 2.33. The molecule has 1 unspecified atom stereocenters. The Bertz CT molecular complexity index is 3000. The van der Waals surface area contributed by atoms with Gasteiger partial charge in [-0.1, -0.05) is 170 Å². The zero-order valence-corrected chi connectivity index (χ0v) is 30.5. The fraction of sp³-hybridized carbons (Fsp3) is 0.0189. The van der Waals surface area contributed by atoms with Gasteiger partial charge in [0.2, 0.25) is 0 Å². The summed E-state index contributed by atoms with van der Waals surface area (Å²) in [4.78, 5) is 10.6. The fourth-order valence-corrected chi connectivity index (χ4v) is 8.63. The van der Waals surface area contributed by atoms with E-state index in [0.29, 0.717) is 0 Å². The third-order valence-electron chi connectivity index (χ3n) is 11.3. The molecule has 3 heteroatoms. The van der Waals surface area contributed by atoms with Crippen LogP contribution in [0.1, 0.15) is 22.9 Å². The van der Waals surface area contributed by atoms with E-state index in [4.69, 9.17) is 9.97 Å². The van der Waals surface area contributed by atoms with Gasteiger partial charge in [-0.2, -0.15) is 0 Å². The summed E-state index contributed by atoms with van der Waals surface area (Å²) < 4.78 is 2.41. The second-order valence-electron chi connectivity index (χ2n) is 14.5. The number of hydrogen-bond donors (Lipinski definition) is 0. The Hall–Kier alpha value is -7.36. The summed E-state index contributed by atoms with van der Waals surface area (Å²) in [6, 6.07) is 73.9. The molecular formula is C53H35N3. The van der Waals surface area contributed by atoms with Gasteiger partial charge in [-0.3, -0.25) is 0 Å². The van der Waals surface area contributed by atoms with E-state index in [1.165, 1.54) is 66.3 Å². The van der Waals surface area contributed by atoms with Crippen molar-refractivity contribution in [2.24, 2.45) is 0 Å². The molecule has 0 N–H and O–H groups in total. The van der Waals surface area contributed by atoms with Crippen LogP contribution >= 0.6 is 0 Å². The number of nitrogens with zero attached hydrogens (tertiary/aromatic N) is 3. The molecule has 0 spiro atoms. The number of para-hydroxylation sites is 1. The summed E-state index contributed by atoms with van der Waals surface area (Å²) >= 11 is 0. The third kappa shape index (κ3) is 5.36. The van der Waals surface area contributed by atoms with Gasteiger partial charge in [0.15, 0.2) is 0 Å². The summed E-state index contributed by atoms with van der Waals surface area (Å²) in [5, 5.41) is 2.49. The molecule has 10 aromatic rings. The molecule has 2 heterocycles. The van der Waals surface area contributed by atoms with Gasteiger partial charge in [-0.25, -0.2) is 9.97 Å². The maximum absolute atomic E-state index is 5.29. The zero-order chi connectivity index (χ0) is 37.0. The number of rotatable bonds is 6. The van der Waals surface area contributed by atoms with Gasteiger partial charge in [0.05, 0.1) is 28.3 Å². The summed E-state index contributed by atoms with van der Waals surface area (Å²) in [6.45, 7) is 0. The van der Waals surface area contributed by atoms with Crippen molar-refractivity contribution in [2.75, 3.05) is 0 Å². The van der Waals surface area contributed by atoms with E-state index >= 15 is 0 Å².